The molecule has 0 N–H and O–H groups in total. The predicted octanol–water partition coefficient (Wildman–Crippen LogP) is 3.07. The number of hydrogen-bond acceptors (Lipinski definition) is 8. The number of sulfone groups is 1. The summed E-state index contributed by atoms with van der Waals surface area (Å²) >= 11 is 2.77. The first-order valence-electron chi connectivity index (χ1n) is 11.6. The summed E-state index contributed by atoms with van der Waals surface area (Å²) in [5.74, 6) is 0.504. The molecule has 1 aliphatic carbocycles. The van der Waals surface area contributed by atoms with E-state index in [2.05, 4.69) is 0 Å². The number of ether oxygens (including phenoxy) is 1. The van der Waals surface area contributed by atoms with Crippen LogP contribution in [-0.4, -0.2) is 66.2 Å². The molecule has 1 saturated heterocycles. The van der Waals surface area contributed by atoms with Crippen molar-refractivity contribution < 1.29 is 17.9 Å². The van der Waals surface area contributed by atoms with Crippen LogP contribution in [0.4, 0.5) is 0 Å². The number of aryl methyl sites for hydroxylation is 2. The van der Waals surface area contributed by atoms with Crippen molar-refractivity contribution in [2.24, 2.45) is 0 Å². The molecule has 0 spiro atoms. The van der Waals surface area contributed by atoms with E-state index < -0.39 is 9.84 Å². The summed E-state index contributed by atoms with van der Waals surface area (Å²) < 4.78 is 30.8. The fraction of sp³-hybridized carbons (Fsp3) is 0.458. The molecular weight excluding hydrogens is 506 g/mol. The molecule has 1 aliphatic heterocycles. The van der Waals surface area contributed by atoms with Gasteiger partial charge in [0.2, 0.25) is 5.91 Å². The second-order valence-corrected chi connectivity index (χ2v) is 13.2. The quantitative estimate of drug-likeness (QED) is 0.355. The SMILES string of the molecule is COc1ccccc1-n1c(SCC(=O)N(C)C2CCS(=O)(=O)C2)nc2sc3c(c2c1=O)CCCC3. The molecule has 1 unspecified atom stereocenters. The van der Waals surface area contributed by atoms with Crippen molar-refractivity contribution in [3.8, 4) is 11.4 Å². The Balaban J connectivity index is 1.54. The van der Waals surface area contributed by atoms with Gasteiger partial charge in [-0.1, -0.05) is 23.9 Å². The lowest BCUT2D eigenvalue weighted by Crippen LogP contribution is -2.39. The van der Waals surface area contributed by atoms with Crippen LogP contribution in [0.3, 0.4) is 0 Å². The summed E-state index contributed by atoms with van der Waals surface area (Å²) in [5.41, 5.74) is 1.53. The minimum atomic E-state index is -3.09. The van der Waals surface area contributed by atoms with Gasteiger partial charge in [-0.15, -0.1) is 11.3 Å². The smallest absolute Gasteiger partial charge is 0.267 e. The number of thioether (sulfide) groups is 1. The molecule has 3 aromatic rings. The Labute approximate surface area is 212 Å². The number of para-hydroxylation sites is 2. The van der Waals surface area contributed by atoms with Gasteiger partial charge in [-0.3, -0.25) is 14.2 Å². The lowest BCUT2D eigenvalue weighted by molar-refractivity contribution is -0.128. The van der Waals surface area contributed by atoms with E-state index in [1.165, 1.54) is 21.5 Å². The van der Waals surface area contributed by atoms with E-state index in [9.17, 15) is 18.0 Å². The lowest BCUT2D eigenvalue weighted by Gasteiger charge is -2.23. The van der Waals surface area contributed by atoms with E-state index in [1.807, 2.05) is 18.2 Å². The Morgan fingerprint density at radius 2 is 2.06 bits per heavy atom. The molecule has 0 radical (unpaired) electrons. The molecule has 11 heteroatoms. The second kappa shape index (κ2) is 9.59. The minimum Gasteiger partial charge on any atom is -0.495 e. The summed E-state index contributed by atoms with van der Waals surface area (Å²) in [6.45, 7) is 0. The van der Waals surface area contributed by atoms with Crippen molar-refractivity contribution in [1.29, 1.82) is 0 Å². The van der Waals surface area contributed by atoms with Crippen LogP contribution in [0.5, 0.6) is 5.75 Å². The van der Waals surface area contributed by atoms with Crippen LogP contribution in [0.1, 0.15) is 29.7 Å². The van der Waals surface area contributed by atoms with Crippen molar-refractivity contribution in [3.05, 3.63) is 45.1 Å². The van der Waals surface area contributed by atoms with Crippen LogP contribution >= 0.6 is 23.1 Å². The van der Waals surface area contributed by atoms with Crippen LogP contribution in [0.15, 0.2) is 34.2 Å². The molecule has 5 rings (SSSR count). The maximum atomic E-state index is 13.9. The van der Waals surface area contributed by atoms with Gasteiger partial charge in [0.25, 0.3) is 5.56 Å². The molecule has 0 bridgehead atoms. The first kappa shape index (κ1) is 24.3. The number of nitrogens with zero attached hydrogens (tertiary/aromatic N) is 3. The summed E-state index contributed by atoms with van der Waals surface area (Å²) in [6, 6.07) is 6.97. The molecule has 35 heavy (non-hydrogen) atoms. The summed E-state index contributed by atoms with van der Waals surface area (Å²) in [6.07, 6.45) is 4.45. The normalized spacial score (nSPS) is 19.0. The molecule has 1 fully saturated rings. The topological polar surface area (TPSA) is 98.6 Å². The Bertz CT molecular complexity index is 1460. The van der Waals surface area contributed by atoms with Crippen molar-refractivity contribution in [2.45, 2.75) is 43.3 Å². The second-order valence-electron chi connectivity index (χ2n) is 8.95. The Morgan fingerprint density at radius 3 is 2.80 bits per heavy atom. The molecule has 186 valence electrons. The zero-order valence-corrected chi connectivity index (χ0v) is 22.1. The molecule has 2 aromatic heterocycles. The Hall–Kier alpha value is -2.37. The van der Waals surface area contributed by atoms with E-state index in [0.29, 0.717) is 33.2 Å². The first-order valence-corrected chi connectivity index (χ1v) is 15.2. The highest BCUT2D eigenvalue weighted by Gasteiger charge is 2.33. The third-order valence-corrected chi connectivity index (χ3v) is 10.6. The van der Waals surface area contributed by atoms with Crippen molar-refractivity contribution in [2.75, 3.05) is 31.4 Å². The van der Waals surface area contributed by atoms with Gasteiger partial charge >= 0.3 is 0 Å². The van der Waals surface area contributed by atoms with E-state index in [1.54, 1.807) is 36.1 Å². The van der Waals surface area contributed by atoms with Gasteiger partial charge < -0.3 is 9.64 Å². The van der Waals surface area contributed by atoms with E-state index in [-0.39, 0.29) is 34.8 Å². The number of amides is 1. The van der Waals surface area contributed by atoms with Gasteiger partial charge in [-0.25, -0.2) is 13.4 Å². The minimum absolute atomic E-state index is 0.00319. The van der Waals surface area contributed by atoms with Crippen LogP contribution in [0.2, 0.25) is 0 Å². The average molecular weight is 534 g/mol. The number of hydrogen-bond donors (Lipinski definition) is 0. The summed E-state index contributed by atoms with van der Waals surface area (Å²) in [4.78, 5) is 35.2. The van der Waals surface area contributed by atoms with Crippen molar-refractivity contribution in [1.82, 2.24) is 14.5 Å². The maximum Gasteiger partial charge on any atom is 0.267 e. The standard InChI is InChI=1S/C24H27N3O5S3/c1-26(15-11-12-35(30,31)14-15)20(28)13-33-24-25-22-21(16-7-3-6-10-19(16)34-22)23(29)27(24)17-8-4-5-9-18(17)32-2/h4-5,8-9,15H,3,6-7,10-14H2,1-2H3. The van der Waals surface area contributed by atoms with Crippen LogP contribution in [0.25, 0.3) is 15.9 Å². The molecule has 1 amide bonds. The monoisotopic (exact) mass is 533 g/mol. The van der Waals surface area contributed by atoms with Gasteiger partial charge in [-0.05, 0) is 49.8 Å². The number of rotatable bonds is 6. The van der Waals surface area contributed by atoms with Crippen molar-refractivity contribution >= 4 is 49.1 Å². The van der Waals surface area contributed by atoms with Gasteiger partial charge in [0.15, 0.2) is 15.0 Å². The average Bonchev–Trinajstić information content (AvgIpc) is 3.41. The number of aromatic nitrogens is 2. The Morgan fingerprint density at radius 1 is 1.29 bits per heavy atom. The van der Waals surface area contributed by atoms with Gasteiger partial charge in [0.1, 0.15) is 10.6 Å². The van der Waals surface area contributed by atoms with Gasteiger partial charge in [0, 0.05) is 18.0 Å². The summed E-state index contributed by atoms with van der Waals surface area (Å²) in [7, 11) is 0.109. The van der Waals surface area contributed by atoms with E-state index >= 15 is 0 Å². The number of methoxy groups -OCH3 is 1. The largest absolute Gasteiger partial charge is 0.495 e. The molecule has 0 saturated carbocycles. The third-order valence-electron chi connectivity index (χ3n) is 6.76. The zero-order chi connectivity index (χ0) is 24.7. The third kappa shape index (κ3) is 4.61. The maximum absolute atomic E-state index is 13.9. The Kier molecular flexibility index (Phi) is 6.67. The van der Waals surface area contributed by atoms with Crippen molar-refractivity contribution in [3.63, 3.8) is 0 Å². The molecule has 1 atom stereocenters. The molecule has 2 aliphatic rings. The van der Waals surface area contributed by atoms with Crippen LogP contribution < -0.4 is 10.3 Å². The van der Waals surface area contributed by atoms with E-state index in [0.717, 1.165) is 31.2 Å². The highest BCUT2D eigenvalue weighted by molar-refractivity contribution is 7.99. The van der Waals surface area contributed by atoms with Gasteiger partial charge in [0.05, 0.1) is 35.4 Å². The highest BCUT2D eigenvalue weighted by Crippen LogP contribution is 2.36. The lowest BCUT2D eigenvalue weighted by atomic mass is 9.97. The number of carbonyl (C=O) groups is 1. The fourth-order valence-electron chi connectivity index (χ4n) is 4.82. The molecular formula is C24H27N3O5S3. The summed E-state index contributed by atoms with van der Waals surface area (Å²) in [5, 5.41) is 1.09. The van der Waals surface area contributed by atoms with Crippen LogP contribution in [-0.2, 0) is 27.5 Å². The number of benzene rings is 1. The van der Waals surface area contributed by atoms with Crippen LogP contribution in [0, 0.1) is 0 Å². The molecule has 8 nitrogen and oxygen atoms in total. The first-order chi connectivity index (χ1) is 16.8. The number of fused-ring (bicyclic) bond motifs is 3. The number of thiophene rings is 1. The van der Waals surface area contributed by atoms with Gasteiger partial charge in [-0.2, -0.15) is 0 Å². The van der Waals surface area contributed by atoms with E-state index in [4.69, 9.17) is 9.72 Å². The fourth-order valence-corrected chi connectivity index (χ4v) is 8.83. The molecule has 3 heterocycles. The predicted molar refractivity (Wildman–Crippen MR) is 139 cm³/mol. The molecule has 1 aromatic carbocycles. The number of carbonyl (C=O) groups excluding carboxylic acids is 1. The highest BCUT2D eigenvalue weighted by atomic mass is 32.2. The zero-order valence-electron chi connectivity index (χ0n) is 19.7.